The van der Waals surface area contributed by atoms with Gasteiger partial charge in [-0.25, -0.2) is 4.39 Å². The first-order valence-corrected chi connectivity index (χ1v) is 10.1. The third-order valence-corrected chi connectivity index (χ3v) is 5.31. The van der Waals surface area contributed by atoms with Gasteiger partial charge in [0.2, 0.25) is 0 Å². The third kappa shape index (κ3) is 3.92. The van der Waals surface area contributed by atoms with Crippen LogP contribution < -0.4 is 5.32 Å². The smallest absolute Gasteiger partial charge is 0.129 e. The highest BCUT2D eigenvalue weighted by Gasteiger charge is 2.23. The first-order chi connectivity index (χ1) is 12.8. The summed E-state index contributed by atoms with van der Waals surface area (Å²) in [6, 6.07) is 9.71. The summed E-state index contributed by atoms with van der Waals surface area (Å²) in [7, 11) is 0. The Labute approximate surface area is 162 Å². The molecule has 1 aliphatic rings. The SMILES string of the molecule is CC(C)c1cc(C(C)C)c(-c2cc(F)ccc2C2=NCCN2)c(C(C)C)c1. The normalized spacial score (nSPS) is 14.2. The molecule has 0 unspecified atom stereocenters. The van der Waals surface area contributed by atoms with Crippen LogP contribution in [0.1, 0.15) is 81.5 Å². The van der Waals surface area contributed by atoms with E-state index in [2.05, 4.69) is 64.0 Å². The van der Waals surface area contributed by atoms with E-state index < -0.39 is 0 Å². The first-order valence-electron chi connectivity index (χ1n) is 10.1. The second-order valence-corrected chi connectivity index (χ2v) is 8.39. The van der Waals surface area contributed by atoms with Crippen molar-refractivity contribution in [1.29, 1.82) is 0 Å². The molecule has 3 rings (SSSR count). The largest absolute Gasteiger partial charge is 0.368 e. The highest BCUT2D eigenvalue weighted by Crippen LogP contribution is 2.40. The van der Waals surface area contributed by atoms with Crippen molar-refractivity contribution in [2.75, 3.05) is 13.1 Å². The Hall–Kier alpha value is -2.16. The van der Waals surface area contributed by atoms with Crippen LogP contribution in [0.25, 0.3) is 11.1 Å². The molecule has 0 atom stereocenters. The molecule has 0 saturated heterocycles. The van der Waals surface area contributed by atoms with E-state index in [0.717, 1.165) is 30.1 Å². The van der Waals surface area contributed by atoms with E-state index in [1.54, 1.807) is 6.07 Å². The van der Waals surface area contributed by atoms with Gasteiger partial charge in [0.05, 0.1) is 6.54 Å². The molecule has 1 aliphatic heterocycles. The summed E-state index contributed by atoms with van der Waals surface area (Å²) in [5.41, 5.74) is 7.04. The number of nitrogens with one attached hydrogen (secondary N) is 1. The second kappa shape index (κ2) is 7.84. The van der Waals surface area contributed by atoms with Crippen molar-refractivity contribution >= 4 is 5.84 Å². The molecular formula is C24H31FN2. The van der Waals surface area contributed by atoms with Gasteiger partial charge in [0.15, 0.2) is 0 Å². The van der Waals surface area contributed by atoms with Gasteiger partial charge in [-0.05, 0) is 63.8 Å². The average Bonchev–Trinajstić information content (AvgIpc) is 3.14. The van der Waals surface area contributed by atoms with Gasteiger partial charge in [0, 0.05) is 12.1 Å². The number of benzene rings is 2. The molecule has 0 radical (unpaired) electrons. The van der Waals surface area contributed by atoms with Crippen LogP contribution in [0.3, 0.4) is 0 Å². The molecule has 2 aromatic rings. The lowest BCUT2D eigenvalue weighted by atomic mass is 9.80. The van der Waals surface area contributed by atoms with Crippen molar-refractivity contribution in [1.82, 2.24) is 5.32 Å². The minimum absolute atomic E-state index is 0.204. The van der Waals surface area contributed by atoms with Crippen molar-refractivity contribution in [2.45, 2.75) is 59.3 Å². The summed E-state index contributed by atoms with van der Waals surface area (Å²) in [6.45, 7) is 14.9. The Balaban J connectivity index is 2.35. The Morgan fingerprint density at radius 1 is 0.852 bits per heavy atom. The number of rotatable bonds is 5. The lowest BCUT2D eigenvalue weighted by Gasteiger charge is -2.24. The molecule has 2 aromatic carbocycles. The van der Waals surface area contributed by atoms with Crippen molar-refractivity contribution in [3.8, 4) is 11.1 Å². The van der Waals surface area contributed by atoms with Crippen LogP contribution in [0.5, 0.6) is 0 Å². The molecule has 0 aromatic heterocycles. The topological polar surface area (TPSA) is 24.4 Å². The van der Waals surface area contributed by atoms with Gasteiger partial charge < -0.3 is 5.32 Å². The van der Waals surface area contributed by atoms with Crippen molar-refractivity contribution in [3.63, 3.8) is 0 Å². The molecule has 0 spiro atoms. The maximum Gasteiger partial charge on any atom is 0.129 e. The second-order valence-electron chi connectivity index (χ2n) is 8.39. The number of aliphatic imine (C=N–C) groups is 1. The van der Waals surface area contributed by atoms with Gasteiger partial charge in [-0.2, -0.15) is 0 Å². The van der Waals surface area contributed by atoms with Gasteiger partial charge in [-0.3, -0.25) is 4.99 Å². The average molecular weight is 367 g/mol. The van der Waals surface area contributed by atoms with Gasteiger partial charge in [-0.15, -0.1) is 0 Å². The zero-order valence-corrected chi connectivity index (χ0v) is 17.4. The standard InChI is InChI=1S/C24H31FN2/c1-14(2)17-11-20(15(3)4)23(21(12-17)16(5)6)22-13-18(25)7-8-19(22)24-26-9-10-27-24/h7-8,11-16H,9-10H2,1-6H3,(H,26,27). The van der Waals surface area contributed by atoms with E-state index in [-0.39, 0.29) is 5.82 Å². The fraction of sp³-hybridized carbons (Fsp3) is 0.458. The Kier molecular flexibility index (Phi) is 5.69. The molecule has 144 valence electrons. The molecule has 1 heterocycles. The Morgan fingerprint density at radius 2 is 1.48 bits per heavy atom. The van der Waals surface area contributed by atoms with E-state index in [1.165, 1.54) is 28.3 Å². The molecule has 2 nitrogen and oxygen atoms in total. The lowest BCUT2D eigenvalue weighted by Crippen LogP contribution is -2.20. The monoisotopic (exact) mass is 366 g/mol. The first kappa shape index (κ1) is 19.6. The molecule has 0 amide bonds. The van der Waals surface area contributed by atoms with E-state index in [1.807, 2.05) is 6.07 Å². The Bertz CT molecular complexity index is 834. The molecule has 0 bridgehead atoms. The zero-order valence-electron chi connectivity index (χ0n) is 17.4. The summed E-state index contributed by atoms with van der Waals surface area (Å²) >= 11 is 0. The number of amidine groups is 1. The number of hydrogen-bond acceptors (Lipinski definition) is 2. The highest BCUT2D eigenvalue weighted by molar-refractivity contribution is 6.05. The molecule has 1 N–H and O–H groups in total. The molecule has 27 heavy (non-hydrogen) atoms. The van der Waals surface area contributed by atoms with Gasteiger partial charge >= 0.3 is 0 Å². The zero-order chi connectivity index (χ0) is 19.7. The predicted octanol–water partition coefficient (Wildman–Crippen LogP) is 6.21. The van der Waals surface area contributed by atoms with E-state index in [4.69, 9.17) is 0 Å². The van der Waals surface area contributed by atoms with Gasteiger partial charge in [0.1, 0.15) is 11.7 Å². The van der Waals surface area contributed by atoms with Crippen LogP contribution in [-0.4, -0.2) is 18.9 Å². The van der Waals surface area contributed by atoms with E-state index in [0.29, 0.717) is 17.8 Å². The summed E-state index contributed by atoms with van der Waals surface area (Å²) in [4.78, 5) is 4.60. The third-order valence-electron chi connectivity index (χ3n) is 5.31. The quantitative estimate of drug-likeness (QED) is 0.668. The van der Waals surface area contributed by atoms with Crippen LogP contribution in [0.2, 0.25) is 0 Å². The maximum absolute atomic E-state index is 14.3. The Morgan fingerprint density at radius 3 is 1.96 bits per heavy atom. The van der Waals surface area contributed by atoms with Crippen LogP contribution in [0.15, 0.2) is 35.3 Å². The molecule has 3 heteroatoms. The summed E-state index contributed by atoms with van der Waals surface area (Å²) in [5.74, 6) is 1.84. The molecule has 0 saturated carbocycles. The molecular weight excluding hydrogens is 335 g/mol. The maximum atomic E-state index is 14.3. The van der Waals surface area contributed by atoms with Crippen molar-refractivity contribution < 1.29 is 4.39 Å². The van der Waals surface area contributed by atoms with Crippen LogP contribution in [0.4, 0.5) is 4.39 Å². The van der Waals surface area contributed by atoms with Gasteiger partial charge in [-0.1, -0.05) is 53.7 Å². The van der Waals surface area contributed by atoms with E-state index in [9.17, 15) is 4.39 Å². The van der Waals surface area contributed by atoms with Crippen LogP contribution >= 0.6 is 0 Å². The van der Waals surface area contributed by atoms with Crippen molar-refractivity contribution in [2.24, 2.45) is 4.99 Å². The molecule has 0 aliphatic carbocycles. The minimum atomic E-state index is -0.204. The number of hydrogen-bond donors (Lipinski definition) is 1. The fourth-order valence-corrected chi connectivity index (χ4v) is 3.77. The van der Waals surface area contributed by atoms with Crippen LogP contribution in [-0.2, 0) is 0 Å². The number of nitrogens with zero attached hydrogens (tertiary/aromatic N) is 1. The minimum Gasteiger partial charge on any atom is -0.368 e. The summed E-state index contributed by atoms with van der Waals surface area (Å²) in [5, 5.41) is 3.36. The number of halogens is 1. The molecule has 0 fully saturated rings. The summed E-state index contributed by atoms with van der Waals surface area (Å²) in [6.07, 6.45) is 0. The van der Waals surface area contributed by atoms with Crippen molar-refractivity contribution in [3.05, 3.63) is 58.4 Å². The van der Waals surface area contributed by atoms with E-state index >= 15 is 0 Å². The lowest BCUT2D eigenvalue weighted by molar-refractivity contribution is 0.628. The predicted molar refractivity (Wildman–Crippen MR) is 114 cm³/mol. The highest BCUT2D eigenvalue weighted by atomic mass is 19.1. The summed E-state index contributed by atoms with van der Waals surface area (Å²) < 4.78 is 14.3. The van der Waals surface area contributed by atoms with Crippen LogP contribution in [0, 0.1) is 5.82 Å². The van der Waals surface area contributed by atoms with Gasteiger partial charge in [0.25, 0.3) is 0 Å². The fourth-order valence-electron chi connectivity index (χ4n) is 3.77.